The van der Waals surface area contributed by atoms with Crippen molar-refractivity contribution in [2.24, 2.45) is 5.73 Å². The Morgan fingerprint density at radius 2 is 1.79 bits per heavy atom. The summed E-state index contributed by atoms with van der Waals surface area (Å²) in [6.07, 6.45) is -0.000707. The molecule has 2 aromatic carbocycles. The van der Waals surface area contributed by atoms with Crippen LogP contribution in [0.3, 0.4) is 0 Å². The van der Waals surface area contributed by atoms with Crippen LogP contribution in [0.5, 0.6) is 5.75 Å². The van der Waals surface area contributed by atoms with Crippen LogP contribution >= 0.6 is 24.0 Å². The van der Waals surface area contributed by atoms with Crippen LogP contribution in [0.25, 0.3) is 0 Å². The van der Waals surface area contributed by atoms with Gasteiger partial charge in [0, 0.05) is 23.2 Å². The lowest BCUT2D eigenvalue weighted by Gasteiger charge is -2.19. The van der Waals surface area contributed by atoms with Crippen molar-refractivity contribution in [3.8, 4) is 5.75 Å². The second-order valence-electron chi connectivity index (χ2n) is 5.42. The Kier molecular flexibility index (Phi) is 8.61. The van der Waals surface area contributed by atoms with Gasteiger partial charge in [-0.05, 0) is 37.6 Å². The van der Waals surface area contributed by atoms with Gasteiger partial charge in [0.25, 0.3) is 5.91 Å². The fourth-order valence-corrected chi connectivity index (χ4v) is 2.19. The number of hydrogen-bond acceptors (Lipinski definition) is 3. The van der Waals surface area contributed by atoms with Gasteiger partial charge < -0.3 is 15.8 Å². The molecule has 1 amide bonds. The summed E-state index contributed by atoms with van der Waals surface area (Å²) in [5.41, 5.74) is 6.50. The maximum atomic E-state index is 12.5. The van der Waals surface area contributed by atoms with Gasteiger partial charge in [-0.1, -0.05) is 41.9 Å². The smallest absolute Gasteiger partial charge is 0.265 e. The molecule has 0 aliphatic rings. The van der Waals surface area contributed by atoms with Gasteiger partial charge in [0.1, 0.15) is 5.75 Å². The Hall–Kier alpha value is -1.75. The lowest BCUT2D eigenvalue weighted by molar-refractivity contribution is -0.128. The highest BCUT2D eigenvalue weighted by Gasteiger charge is 2.22. The van der Waals surface area contributed by atoms with E-state index in [-0.39, 0.29) is 24.4 Å². The van der Waals surface area contributed by atoms with E-state index < -0.39 is 6.10 Å². The lowest BCUT2D eigenvalue weighted by atomic mass is 10.1. The number of amides is 1. The monoisotopic (exact) mass is 368 g/mol. The van der Waals surface area contributed by atoms with E-state index in [9.17, 15) is 4.79 Å². The molecule has 130 valence electrons. The van der Waals surface area contributed by atoms with Gasteiger partial charge in [0.2, 0.25) is 6.10 Å². The quantitative estimate of drug-likeness (QED) is 0.782. The molecule has 0 heterocycles. The molecule has 0 bridgehead atoms. The van der Waals surface area contributed by atoms with Gasteiger partial charge in [-0.2, -0.15) is 0 Å². The molecule has 2 aromatic rings. The molecule has 2 rings (SSSR count). The minimum absolute atomic E-state index is 0. The summed E-state index contributed by atoms with van der Waals surface area (Å²) in [5, 5.41) is 3.49. The average molecular weight is 369 g/mol. The van der Waals surface area contributed by atoms with Gasteiger partial charge in [-0.25, -0.2) is 0 Å². The number of benzene rings is 2. The first kappa shape index (κ1) is 20.3. The number of halogens is 2. The molecular formula is C18H22Cl2N2O2. The third-order valence-electron chi connectivity index (χ3n) is 3.31. The fourth-order valence-electron chi connectivity index (χ4n) is 2.07. The summed E-state index contributed by atoms with van der Waals surface area (Å²) in [7, 11) is 0. The van der Waals surface area contributed by atoms with E-state index in [1.165, 1.54) is 0 Å². The number of hydrogen-bond donors (Lipinski definition) is 2. The van der Waals surface area contributed by atoms with Crippen LogP contribution in [-0.4, -0.2) is 18.5 Å². The highest BCUT2D eigenvalue weighted by molar-refractivity contribution is 6.30. The first-order valence-corrected chi connectivity index (χ1v) is 7.94. The Balaban J connectivity index is 0.00000288. The van der Waals surface area contributed by atoms with Crippen molar-refractivity contribution in [2.45, 2.75) is 25.5 Å². The van der Waals surface area contributed by atoms with E-state index in [0.29, 0.717) is 23.7 Å². The van der Waals surface area contributed by atoms with Crippen LogP contribution in [0, 0.1) is 0 Å². The van der Waals surface area contributed by atoms with E-state index in [2.05, 4.69) is 5.32 Å². The highest BCUT2D eigenvalue weighted by atomic mass is 35.5. The standard InChI is InChI=1S/C18H21ClN2O2.ClH/c1-13(20)11-12-21-18(22)17(14-5-3-2-4-6-14)23-16-9-7-15(19)8-10-16;/h2-10,13,17H,11-12,20H2,1H3,(H,21,22);1H. The van der Waals surface area contributed by atoms with E-state index in [0.717, 1.165) is 5.56 Å². The SMILES string of the molecule is CC(N)CCNC(=O)C(Oc1ccc(Cl)cc1)c1ccccc1.Cl. The summed E-state index contributed by atoms with van der Waals surface area (Å²) in [5.74, 6) is 0.400. The van der Waals surface area contributed by atoms with Gasteiger partial charge in [-0.15, -0.1) is 12.4 Å². The molecule has 0 aliphatic carbocycles. The molecule has 0 aliphatic heterocycles. The molecule has 0 saturated heterocycles. The minimum Gasteiger partial charge on any atom is -0.476 e. The van der Waals surface area contributed by atoms with Gasteiger partial charge in [0.15, 0.2) is 0 Å². The van der Waals surface area contributed by atoms with E-state index in [4.69, 9.17) is 22.1 Å². The molecule has 0 radical (unpaired) electrons. The zero-order valence-corrected chi connectivity index (χ0v) is 15.0. The first-order chi connectivity index (χ1) is 11.1. The second-order valence-corrected chi connectivity index (χ2v) is 5.86. The highest BCUT2D eigenvalue weighted by Crippen LogP contribution is 2.23. The lowest BCUT2D eigenvalue weighted by Crippen LogP contribution is -2.35. The van der Waals surface area contributed by atoms with Gasteiger partial charge >= 0.3 is 0 Å². The van der Waals surface area contributed by atoms with Crippen molar-refractivity contribution in [1.82, 2.24) is 5.32 Å². The maximum absolute atomic E-state index is 12.5. The van der Waals surface area contributed by atoms with Gasteiger partial charge in [0.05, 0.1) is 0 Å². The molecule has 24 heavy (non-hydrogen) atoms. The number of rotatable bonds is 7. The number of nitrogens with one attached hydrogen (secondary N) is 1. The number of carbonyl (C=O) groups is 1. The third-order valence-corrected chi connectivity index (χ3v) is 3.56. The summed E-state index contributed by atoms with van der Waals surface area (Å²) in [4.78, 5) is 12.5. The van der Waals surface area contributed by atoms with Crippen molar-refractivity contribution in [3.05, 3.63) is 65.2 Å². The van der Waals surface area contributed by atoms with Crippen molar-refractivity contribution < 1.29 is 9.53 Å². The van der Waals surface area contributed by atoms with Crippen LogP contribution in [0.4, 0.5) is 0 Å². The van der Waals surface area contributed by atoms with Crippen LogP contribution in [0.15, 0.2) is 54.6 Å². The topological polar surface area (TPSA) is 64.3 Å². The summed E-state index contributed by atoms with van der Waals surface area (Å²) in [6.45, 7) is 2.43. The summed E-state index contributed by atoms with van der Waals surface area (Å²) in [6, 6.07) is 16.4. The number of carbonyl (C=O) groups excluding carboxylic acids is 1. The largest absolute Gasteiger partial charge is 0.476 e. The Labute approximate surface area is 153 Å². The zero-order valence-electron chi connectivity index (χ0n) is 13.4. The molecule has 3 N–H and O–H groups in total. The van der Waals surface area contributed by atoms with E-state index in [1.54, 1.807) is 24.3 Å². The number of ether oxygens (including phenoxy) is 1. The van der Waals surface area contributed by atoms with Crippen LogP contribution in [-0.2, 0) is 4.79 Å². The zero-order chi connectivity index (χ0) is 16.7. The molecule has 0 spiro atoms. The Morgan fingerprint density at radius 1 is 1.17 bits per heavy atom. The molecule has 0 saturated carbocycles. The molecule has 0 aromatic heterocycles. The minimum atomic E-state index is -0.717. The van der Waals surface area contributed by atoms with E-state index in [1.807, 2.05) is 37.3 Å². The Bertz CT molecular complexity index is 619. The molecule has 4 nitrogen and oxygen atoms in total. The van der Waals surface area contributed by atoms with E-state index >= 15 is 0 Å². The van der Waals surface area contributed by atoms with Crippen LogP contribution < -0.4 is 15.8 Å². The fraction of sp³-hybridized carbons (Fsp3) is 0.278. The molecule has 2 unspecified atom stereocenters. The molecule has 6 heteroatoms. The van der Waals surface area contributed by atoms with Crippen molar-refractivity contribution in [2.75, 3.05) is 6.54 Å². The second kappa shape index (κ2) is 10.2. The van der Waals surface area contributed by atoms with Crippen molar-refractivity contribution >= 4 is 29.9 Å². The third kappa shape index (κ3) is 6.40. The molecule has 2 atom stereocenters. The maximum Gasteiger partial charge on any atom is 0.265 e. The molecule has 0 fully saturated rings. The predicted molar refractivity (Wildman–Crippen MR) is 99.8 cm³/mol. The first-order valence-electron chi connectivity index (χ1n) is 7.56. The summed E-state index contributed by atoms with van der Waals surface area (Å²) >= 11 is 5.88. The predicted octanol–water partition coefficient (Wildman–Crippen LogP) is 3.74. The van der Waals surface area contributed by atoms with Crippen molar-refractivity contribution in [1.29, 1.82) is 0 Å². The molecular weight excluding hydrogens is 347 g/mol. The van der Waals surface area contributed by atoms with Gasteiger partial charge in [-0.3, -0.25) is 4.79 Å². The normalized spacial score (nSPS) is 12.6. The van der Waals surface area contributed by atoms with Crippen LogP contribution in [0.1, 0.15) is 25.0 Å². The average Bonchev–Trinajstić information content (AvgIpc) is 2.54. The number of nitrogens with two attached hydrogens (primary N) is 1. The Morgan fingerprint density at radius 3 is 2.38 bits per heavy atom. The summed E-state index contributed by atoms with van der Waals surface area (Å²) < 4.78 is 5.87. The van der Waals surface area contributed by atoms with Crippen LogP contribution in [0.2, 0.25) is 5.02 Å². The van der Waals surface area contributed by atoms with Crippen molar-refractivity contribution in [3.63, 3.8) is 0 Å².